The Morgan fingerprint density at radius 1 is 1.78 bits per heavy atom. The molecule has 0 amide bonds. The number of carboxylic acids is 1. The van der Waals surface area contributed by atoms with Crippen LogP contribution in [0.5, 0.6) is 0 Å². The van der Waals surface area contributed by atoms with Gasteiger partial charge in [0.25, 0.3) is 0 Å². The zero-order valence-electron chi connectivity index (χ0n) is 5.63. The Labute approximate surface area is 54.9 Å². The van der Waals surface area contributed by atoms with Gasteiger partial charge in [-0.1, -0.05) is 6.92 Å². The van der Waals surface area contributed by atoms with E-state index in [-0.39, 0.29) is 6.42 Å². The van der Waals surface area contributed by atoms with Crippen LogP contribution in [0.1, 0.15) is 19.8 Å². The van der Waals surface area contributed by atoms with Gasteiger partial charge in [-0.15, -0.1) is 0 Å². The van der Waals surface area contributed by atoms with Crippen molar-refractivity contribution in [2.75, 3.05) is 6.54 Å². The highest BCUT2D eigenvalue weighted by atomic mass is 16.4. The molecule has 9 heavy (non-hydrogen) atoms. The summed E-state index contributed by atoms with van der Waals surface area (Å²) in [6.07, 6.45) is 0.921. The summed E-state index contributed by atoms with van der Waals surface area (Å²) in [6, 6.07) is 0. The van der Waals surface area contributed by atoms with Crippen LogP contribution in [0, 0.1) is 5.92 Å². The molecule has 0 aromatic rings. The van der Waals surface area contributed by atoms with Gasteiger partial charge in [0, 0.05) is 6.42 Å². The van der Waals surface area contributed by atoms with Gasteiger partial charge in [0.15, 0.2) is 0 Å². The fourth-order valence-electron chi connectivity index (χ4n) is 0.488. The Morgan fingerprint density at radius 2 is 2.33 bits per heavy atom. The number of nitrogens with two attached hydrogens (primary N) is 1. The second-order valence-electron chi connectivity index (χ2n) is 2.27. The molecule has 0 bridgehead atoms. The third kappa shape index (κ3) is 5.30. The third-order valence-electron chi connectivity index (χ3n) is 1.25. The van der Waals surface area contributed by atoms with Gasteiger partial charge < -0.3 is 10.8 Å². The molecular formula is C6H13NO2. The molecule has 0 spiro atoms. The van der Waals surface area contributed by atoms with Gasteiger partial charge in [-0.25, -0.2) is 0 Å². The fraction of sp³-hybridized carbons (Fsp3) is 0.833. The first-order chi connectivity index (χ1) is 4.16. The van der Waals surface area contributed by atoms with Crippen LogP contribution in [-0.4, -0.2) is 17.6 Å². The van der Waals surface area contributed by atoms with Gasteiger partial charge in [-0.2, -0.15) is 0 Å². The Balaban J connectivity index is 3.16. The lowest BCUT2D eigenvalue weighted by molar-refractivity contribution is -0.137. The second kappa shape index (κ2) is 4.32. The van der Waals surface area contributed by atoms with E-state index in [1.165, 1.54) is 0 Å². The predicted octanol–water partition coefficient (Wildman–Crippen LogP) is 0.446. The van der Waals surface area contributed by atoms with Gasteiger partial charge in [0.1, 0.15) is 0 Å². The van der Waals surface area contributed by atoms with Crippen molar-refractivity contribution in [1.82, 2.24) is 0 Å². The Morgan fingerprint density at radius 3 is 2.67 bits per heavy atom. The van der Waals surface area contributed by atoms with E-state index >= 15 is 0 Å². The fourth-order valence-corrected chi connectivity index (χ4v) is 0.488. The molecule has 0 rings (SSSR count). The Bertz CT molecular complexity index is 93.1. The molecule has 0 saturated carbocycles. The molecule has 0 saturated heterocycles. The molecule has 0 radical (unpaired) electrons. The maximum absolute atomic E-state index is 9.98. The lowest BCUT2D eigenvalue weighted by Gasteiger charge is -2.03. The van der Waals surface area contributed by atoms with Crippen molar-refractivity contribution in [2.45, 2.75) is 19.8 Å². The lowest BCUT2D eigenvalue weighted by atomic mass is 10.1. The number of hydrogen-bond acceptors (Lipinski definition) is 2. The third-order valence-corrected chi connectivity index (χ3v) is 1.25. The summed E-state index contributed by atoms with van der Waals surface area (Å²) in [5, 5.41) is 8.22. The van der Waals surface area contributed by atoms with Crippen LogP contribution in [0.2, 0.25) is 0 Å². The molecule has 0 aromatic heterocycles. The first-order valence-corrected chi connectivity index (χ1v) is 3.08. The van der Waals surface area contributed by atoms with Crippen molar-refractivity contribution < 1.29 is 9.90 Å². The second-order valence-corrected chi connectivity index (χ2v) is 2.27. The summed E-state index contributed by atoms with van der Waals surface area (Å²) in [5.74, 6) is -0.406. The smallest absolute Gasteiger partial charge is 0.303 e. The number of rotatable bonds is 4. The summed E-state index contributed by atoms with van der Waals surface area (Å²) in [6.45, 7) is 2.52. The molecule has 0 unspecified atom stereocenters. The van der Waals surface area contributed by atoms with Crippen molar-refractivity contribution in [3.63, 3.8) is 0 Å². The summed E-state index contributed by atoms with van der Waals surface area (Å²) in [7, 11) is 0. The predicted molar refractivity (Wildman–Crippen MR) is 35.1 cm³/mol. The van der Waals surface area contributed by atoms with E-state index in [1.807, 2.05) is 6.92 Å². The maximum atomic E-state index is 9.98. The molecule has 0 fully saturated rings. The summed E-state index contributed by atoms with van der Waals surface area (Å²) < 4.78 is 0. The van der Waals surface area contributed by atoms with E-state index in [9.17, 15) is 4.79 Å². The van der Waals surface area contributed by atoms with Crippen LogP contribution in [0.25, 0.3) is 0 Å². The van der Waals surface area contributed by atoms with Crippen LogP contribution in [0.15, 0.2) is 0 Å². The largest absolute Gasteiger partial charge is 0.481 e. The molecular weight excluding hydrogens is 118 g/mol. The number of carboxylic acid groups (broad SMARTS) is 1. The first kappa shape index (κ1) is 8.43. The molecule has 1 atom stereocenters. The van der Waals surface area contributed by atoms with Crippen LogP contribution in [0.3, 0.4) is 0 Å². The molecule has 0 aliphatic carbocycles. The van der Waals surface area contributed by atoms with E-state index in [0.717, 1.165) is 0 Å². The minimum atomic E-state index is -0.740. The van der Waals surface area contributed by atoms with E-state index in [0.29, 0.717) is 18.9 Å². The molecule has 3 heteroatoms. The quantitative estimate of drug-likeness (QED) is 0.582. The molecule has 54 valence electrons. The number of carbonyl (C=O) groups is 1. The summed E-state index contributed by atoms with van der Waals surface area (Å²) in [4.78, 5) is 9.98. The molecule has 0 aliphatic rings. The van der Waals surface area contributed by atoms with Crippen molar-refractivity contribution in [3.8, 4) is 0 Å². The highest BCUT2D eigenvalue weighted by molar-refractivity contribution is 5.66. The topological polar surface area (TPSA) is 63.3 Å². The average molecular weight is 131 g/mol. The van der Waals surface area contributed by atoms with Crippen molar-refractivity contribution in [3.05, 3.63) is 0 Å². The van der Waals surface area contributed by atoms with E-state index in [1.54, 1.807) is 0 Å². The molecule has 0 heterocycles. The highest BCUT2D eigenvalue weighted by Crippen LogP contribution is 2.01. The van der Waals surface area contributed by atoms with Crippen molar-refractivity contribution >= 4 is 5.97 Å². The average Bonchev–Trinajstić information content (AvgIpc) is 1.83. The van der Waals surface area contributed by atoms with Gasteiger partial charge in [-0.3, -0.25) is 4.79 Å². The minimum Gasteiger partial charge on any atom is -0.481 e. The normalized spacial score (nSPS) is 13.1. The van der Waals surface area contributed by atoms with Crippen molar-refractivity contribution in [1.29, 1.82) is 0 Å². The monoisotopic (exact) mass is 131 g/mol. The van der Waals surface area contributed by atoms with Crippen LogP contribution < -0.4 is 5.73 Å². The summed E-state index contributed by atoms with van der Waals surface area (Å²) >= 11 is 0. The van der Waals surface area contributed by atoms with Gasteiger partial charge in [-0.05, 0) is 18.9 Å². The molecule has 3 N–H and O–H groups in total. The van der Waals surface area contributed by atoms with Crippen LogP contribution in [0.4, 0.5) is 0 Å². The Kier molecular flexibility index (Phi) is 4.05. The standard InChI is InChI=1S/C6H13NO2/c1-5(4-7)2-3-6(8)9/h5H,2-4,7H2,1H3,(H,8,9)/t5-/m1/s1. The van der Waals surface area contributed by atoms with Gasteiger partial charge in [0.2, 0.25) is 0 Å². The van der Waals surface area contributed by atoms with Gasteiger partial charge in [0.05, 0.1) is 0 Å². The highest BCUT2D eigenvalue weighted by Gasteiger charge is 2.01. The number of aliphatic carboxylic acids is 1. The lowest BCUT2D eigenvalue weighted by Crippen LogP contribution is -2.11. The van der Waals surface area contributed by atoms with E-state index in [2.05, 4.69) is 0 Å². The van der Waals surface area contributed by atoms with Crippen LogP contribution in [-0.2, 0) is 4.79 Å². The zero-order valence-corrected chi connectivity index (χ0v) is 5.63. The van der Waals surface area contributed by atoms with Crippen LogP contribution >= 0.6 is 0 Å². The van der Waals surface area contributed by atoms with Crippen molar-refractivity contribution in [2.24, 2.45) is 11.7 Å². The maximum Gasteiger partial charge on any atom is 0.303 e. The molecule has 3 nitrogen and oxygen atoms in total. The van der Waals surface area contributed by atoms with E-state index in [4.69, 9.17) is 10.8 Å². The Hall–Kier alpha value is -0.570. The van der Waals surface area contributed by atoms with Gasteiger partial charge >= 0.3 is 5.97 Å². The zero-order chi connectivity index (χ0) is 7.28. The SMILES string of the molecule is C[C@@H](CN)CCC(=O)O. The molecule has 0 aliphatic heterocycles. The minimum absolute atomic E-state index is 0.234. The molecule has 0 aromatic carbocycles. The number of hydrogen-bond donors (Lipinski definition) is 2. The first-order valence-electron chi connectivity index (χ1n) is 3.08. The summed E-state index contributed by atoms with van der Waals surface area (Å²) in [5.41, 5.74) is 5.27. The van der Waals surface area contributed by atoms with E-state index < -0.39 is 5.97 Å².